The van der Waals surface area contributed by atoms with E-state index in [9.17, 15) is 19.5 Å². The van der Waals surface area contributed by atoms with E-state index in [1.165, 1.54) is 11.6 Å². The number of carbonyl (C=O) groups excluding carboxylic acids is 3. The first-order valence-electron chi connectivity index (χ1n) is 14.5. The van der Waals surface area contributed by atoms with Crippen molar-refractivity contribution >= 4 is 28.4 Å². The van der Waals surface area contributed by atoms with Crippen molar-refractivity contribution in [2.75, 3.05) is 0 Å². The first-order valence-corrected chi connectivity index (χ1v) is 14.5. The monoisotopic (exact) mass is 540 g/mol. The van der Waals surface area contributed by atoms with E-state index in [4.69, 9.17) is 0 Å². The molecule has 2 heterocycles. The third-order valence-electron chi connectivity index (χ3n) is 9.57. The Hall–Kier alpha value is -3.51. The summed E-state index contributed by atoms with van der Waals surface area (Å²) < 4.78 is 0. The minimum Gasteiger partial charge on any atom is -0.381 e. The molecule has 2 aliphatic carbocycles. The topological polar surface area (TPSA) is 99.3 Å². The van der Waals surface area contributed by atoms with Crippen molar-refractivity contribution in [3.05, 3.63) is 83.6 Å². The number of hydrogen-bond acceptors (Lipinski definition) is 4. The molecule has 1 aliphatic heterocycles. The second kappa shape index (κ2) is 10.8. The Morgan fingerprint density at radius 2 is 1.82 bits per heavy atom. The number of aromatic amines is 1. The fourth-order valence-corrected chi connectivity index (χ4v) is 7.54. The minimum absolute atomic E-state index is 0.0124. The van der Waals surface area contributed by atoms with Crippen LogP contribution in [0.15, 0.2) is 78.1 Å². The highest BCUT2D eigenvalue weighted by Crippen LogP contribution is 2.57. The van der Waals surface area contributed by atoms with Gasteiger partial charge in [-0.1, -0.05) is 68.8 Å². The molecule has 1 aromatic heterocycles. The van der Waals surface area contributed by atoms with Crippen LogP contribution in [-0.2, 0) is 14.4 Å². The number of para-hydroxylation sites is 1. The lowest BCUT2D eigenvalue weighted by atomic mass is 9.53. The molecule has 1 aromatic carbocycles. The summed E-state index contributed by atoms with van der Waals surface area (Å²) in [5.74, 6) is -1.95. The highest BCUT2D eigenvalue weighted by molar-refractivity contribution is 6.15. The number of benzene rings is 1. The first kappa shape index (κ1) is 28.0. The molecule has 1 saturated heterocycles. The summed E-state index contributed by atoms with van der Waals surface area (Å²) in [6.45, 7) is 10.1. The van der Waals surface area contributed by atoms with Crippen LogP contribution in [0.3, 0.4) is 0 Å². The molecule has 6 nitrogen and oxygen atoms in total. The van der Waals surface area contributed by atoms with Crippen molar-refractivity contribution in [2.45, 2.75) is 65.5 Å². The van der Waals surface area contributed by atoms with Crippen LogP contribution in [0.2, 0.25) is 0 Å². The Labute approximate surface area is 236 Å². The van der Waals surface area contributed by atoms with Crippen LogP contribution in [0.4, 0.5) is 0 Å². The van der Waals surface area contributed by atoms with Crippen molar-refractivity contribution < 1.29 is 19.5 Å². The van der Waals surface area contributed by atoms with Crippen molar-refractivity contribution in [3.63, 3.8) is 0 Å². The minimum atomic E-state index is -1.39. The number of amides is 1. The van der Waals surface area contributed by atoms with E-state index >= 15 is 0 Å². The third-order valence-corrected chi connectivity index (χ3v) is 9.57. The zero-order valence-electron chi connectivity index (χ0n) is 24.0. The molecule has 2 aromatic rings. The van der Waals surface area contributed by atoms with E-state index in [2.05, 4.69) is 43.2 Å². The summed E-state index contributed by atoms with van der Waals surface area (Å²) in [6, 6.07) is 7.84. The maximum atomic E-state index is 14.3. The second-order valence-electron chi connectivity index (χ2n) is 12.0. The SMILES string of the molecule is CC[C@@H]1C(C)=C[C@@H]2/C=C\C[C@H](C)/C=C(/C)[C@@H](O)C(=O)/C=C/C(=O)[C@]23C(=O)N[C@@H]([C@@H](C)c2c[nH]c4ccccc24)[C@H]13. The summed E-state index contributed by atoms with van der Waals surface area (Å²) >= 11 is 0. The van der Waals surface area contributed by atoms with Gasteiger partial charge in [-0.3, -0.25) is 14.4 Å². The van der Waals surface area contributed by atoms with Crippen LogP contribution in [0.25, 0.3) is 10.9 Å². The Morgan fingerprint density at radius 1 is 1.07 bits per heavy atom. The number of rotatable bonds is 3. The Kier molecular flexibility index (Phi) is 7.58. The smallest absolute Gasteiger partial charge is 0.235 e. The largest absolute Gasteiger partial charge is 0.381 e. The van der Waals surface area contributed by atoms with Crippen LogP contribution < -0.4 is 5.32 Å². The molecule has 1 fully saturated rings. The van der Waals surface area contributed by atoms with Crippen LogP contribution in [-0.4, -0.2) is 39.7 Å². The van der Waals surface area contributed by atoms with Gasteiger partial charge >= 0.3 is 0 Å². The summed E-state index contributed by atoms with van der Waals surface area (Å²) in [7, 11) is 0. The molecule has 210 valence electrons. The van der Waals surface area contributed by atoms with Gasteiger partial charge < -0.3 is 15.4 Å². The van der Waals surface area contributed by atoms with Crippen LogP contribution in [0.5, 0.6) is 0 Å². The van der Waals surface area contributed by atoms with Gasteiger partial charge in [0.1, 0.15) is 11.5 Å². The Morgan fingerprint density at radius 3 is 2.58 bits per heavy atom. The number of ketones is 2. The van der Waals surface area contributed by atoms with Gasteiger partial charge in [0.15, 0.2) is 11.6 Å². The van der Waals surface area contributed by atoms with E-state index in [0.29, 0.717) is 12.0 Å². The summed E-state index contributed by atoms with van der Waals surface area (Å²) in [5, 5.41) is 15.0. The molecule has 6 heteroatoms. The normalized spacial score (nSPS) is 36.6. The molecule has 3 aliphatic rings. The first-order chi connectivity index (χ1) is 19.1. The molecule has 0 bridgehead atoms. The maximum Gasteiger partial charge on any atom is 0.235 e. The van der Waals surface area contributed by atoms with Crippen molar-refractivity contribution in [1.29, 1.82) is 0 Å². The highest BCUT2D eigenvalue weighted by Gasteiger charge is 2.66. The van der Waals surface area contributed by atoms with Gasteiger partial charge in [0.2, 0.25) is 5.91 Å². The molecular weight excluding hydrogens is 500 g/mol. The van der Waals surface area contributed by atoms with Gasteiger partial charge in [-0.05, 0) is 67.9 Å². The average molecular weight is 541 g/mol. The second-order valence-corrected chi connectivity index (χ2v) is 12.0. The highest BCUT2D eigenvalue weighted by atomic mass is 16.3. The number of fused-ring (bicyclic) bond motifs is 1. The van der Waals surface area contributed by atoms with Gasteiger partial charge in [-0.25, -0.2) is 0 Å². The number of hydrogen-bond donors (Lipinski definition) is 3. The van der Waals surface area contributed by atoms with Gasteiger partial charge in [-0.15, -0.1) is 0 Å². The zero-order valence-corrected chi connectivity index (χ0v) is 24.0. The number of aromatic nitrogens is 1. The molecular formula is C34H40N2O4. The van der Waals surface area contributed by atoms with Gasteiger partial charge in [-0.2, -0.15) is 0 Å². The fraction of sp³-hybridized carbons (Fsp3) is 0.441. The summed E-state index contributed by atoms with van der Waals surface area (Å²) in [4.78, 5) is 44.8. The lowest BCUT2D eigenvalue weighted by Crippen LogP contribution is -2.52. The van der Waals surface area contributed by atoms with Crippen molar-refractivity contribution in [2.24, 2.45) is 29.1 Å². The Bertz CT molecular complexity index is 1460. The van der Waals surface area contributed by atoms with Crippen molar-refractivity contribution in [3.8, 4) is 0 Å². The fourth-order valence-electron chi connectivity index (χ4n) is 7.54. The molecule has 5 rings (SSSR count). The molecule has 1 amide bonds. The predicted molar refractivity (Wildman–Crippen MR) is 157 cm³/mol. The summed E-state index contributed by atoms with van der Waals surface area (Å²) in [6.07, 6.45) is 12.6. The predicted octanol–water partition coefficient (Wildman–Crippen LogP) is 5.57. The standard InChI is InChI=1S/C34H40N2O4/c1-6-24-20(3)17-23-11-9-10-19(2)16-21(4)32(39)28(37)14-15-29(38)34(23)30(24)31(36-33(34)40)22(5)26-18-35-27-13-8-7-12-25(26)27/h7-9,11-19,22-24,30-32,35,39H,6,10H2,1-5H3,(H,36,40)/b11-9-,15-14+,21-16-/t19-,22-,23-,24+,30-,31-,32+,34+/m0/s1. The van der Waals surface area contributed by atoms with Gasteiger partial charge in [0.05, 0.1) is 0 Å². The number of allylic oxidation sites excluding steroid dienone is 6. The molecule has 3 N–H and O–H groups in total. The van der Waals surface area contributed by atoms with E-state index in [1.54, 1.807) is 6.92 Å². The molecule has 1 spiro atoms. The van der Waals surface area contributed by atoms with E-state index in [0.717, 1.165) is 29.0 Å². The van der Waals surface area contributed by atoms with E-state index in [-0.39, 0.29) is 41.4 Å². The summed E-state index contributed by atoms with van der Waals surface area (Å²) in [5.41, 5.74) is 2.49. The third kappa shape index (κ3) is 4.43. The van der Waals surface area contributed by atoms with E-state index < -0.39 is 23.2 Å². The zero-order chi connectivity index (χ0) is 28.8. The van der Waals surface area contributed by atoms with Crippen LogP contribution >= 0.6 is 0 Å². The number of nitrogens with one attached hydrogen (secondary N) is 2. The molecule has 0 saturated carbocycles. The molecule has 0 radical (unpaired) electrons. The Balaban J connectivity index is 1.67. The maximum absolute atomic E-state index is 14.3. The molecule has 8 atom stereocenters. The average Bonchev–Trinajstić information content (AvgIpc) is 3.50. The molecule has 40 heavy (non-hydrogen) atoms. The lowest BCUT2D eigenvalue weighted by Gasteiger charge is -2.46. The van der Waals surface area contributed by atoms with Crippen LogP contribution in [0, 0.1) is 29.1 Å². The number of aliphatic hydroxyl groups excluding tert-OH is 1. The van der Waals surface area contributed by atoms with Crippen molar-refractivity contribution in [1.82, 2.24) is 10.3 Å². The quantitative estimate of drug-likeness (QED) is 0.350. The number of H-pyrrole nitrogens is 1. The number of carbonyl (C=O) groups is 3. The van der Waals surface area contributed by atoms with Gasteiger partial charge in [0.25, 0.3) is 0 Å². The van der Waals surface area contributed by atoms with Crippen LogP contribution in [0.1, 0.15) is 58.9 Å². The lowest BCUT2D eigenvalue weighted by molar-refractivity contribution is -0.142. The molecule has 0 unspecified atom stereocenters. The number of aliphatic hydroxyl groups is 1. The van der Waals surface area contributed by atoms with E-state index in [1.807, 2.05) is 49.5 Å². The van der Waals surface area contributed by atoms with Gasteiger partial charge in [0, 0.05) is 40.9 Å².